The van der Waals surface area contributed by atoms with Gasteiger partial charge in [0.25, 0.3) is 0 Å². The van der Waals surface area contributed by atoms with Gasteiger partial charge in [0.1, 0.15) is 0 Å². The van der Waals surface area contributed by atoms with Crippen LogP contribution in [0.3, 0.4) is 0 Å². The van der Waals surface area contributed by atoms with E-state index < -0.39 is 11.6 Å². The van der Waals surface area contributed by atoms with Gasteiger partial charge in [-0.2, -0.15) is 0 Å². The molecule has 0 spiro atoms. The molecule has 0 aromatic rings. The Kier molecular flexibility index (Phi) is 4.51. The fourth-order valence-corrected chi connectivity index (χ4v) is 2.04. The highest BCUT2D eigenvalue weighted by Crippen LogP contribution is 2.22. The average Bonchev–Trinajstić information content (AvgIpc) is 2.15. The van der Waals surface area contributed by atoms with Crippen molar-refractivity contribution in [3.63, 3.8) is 0 Å². The van der Waals surface area contributed by atoms with Crippen molar-refractivity contribution in [3.8, 4) is 0 Å². The van der Waals surface area contributed by atoms with Crippen LogP contribution < -0.4 is 0 Å². The summed E-state index contributed by atoms with van der Waals surface area (Å²) in [5, 5.41) is 18.4. The Morgan fingerprint density at radius 1 is 1.29 bits per heavy atom. The van der Waals surface area contributed by atoms with Gasteiger partial charge in [-0.1, -0.05) is 6.92 Å². The molecule has 1 heterocycles. The van der Waals surface area contributed by atoms with Gasteiger partial charge in [0, 0.05) is 25.9 Å². The predicted octanol–water partition coefficient (Wildman–Crippen LogP) is 0.861. The molecule has 0 saturated carbocycles. The minimum atomic E-state index is -0.869. The molecule has 0 bridgehead atoms. The first-order chi connectivity index (χ1) is 7.80. The van der Waals surface area contributed by atoms with Crippen LogP contribution in [0.2, 0.25) is 0 Å². The third-order valence-corrected chi connectivity index (χ3v) is 3.24. The Morgan fingerprint density at radius 2 is 1.82 bits per heavy atom. The number of aliphatic hydroxyl groups is 1. The molecule has 0 aromatic carbocycles. The van der Waals surface area contributed by atoms with E-state index in [1.54, 1.807) is 18.7 Å². The van der Waals surface area contributed by atoms with Crippen LogP contribution in [0.4, 0.5) is 0 Å². The fraction of sp³-hybridized carbons (Fsp3) is 0.833. The van der Waals surface area contributed by atoms with Crippen LogP contribution in [0, 0.1) is 5.92 Å². The molecule has 98 valence electrons. The van der Waals surface area contributed by atoms with Crippen molar-refractivity contribution >= 4 is 11.9 Å². The standard InChI is InChI=1S/C12H21NO4/c1-9(8-11(15)16)7-10(14)13-5-3-12(2,17)4-6-13/h9,17H,3-8H2,1-2H3,(H,15,16). The monoisotopic (exact) mass is 243 g/mol. The summed E-state index contributed by atoms with van der Waals surface area (Å²) >= 11 is 0. The molecule has 0 aliphatic carbocycles. The minimum Gasteiger partial charge on any atom is -0.481 e. The van der Waals surface area contributed by atoms with Crippen molar-refractivity contribution in [1.29, 1.82) is 0 Å². The number of hydrogen-bond donors (Lipinski definition) is 2. The molecule has 1 amide bonds. The number of hydrogen-bond acceptors (Lipinski definition) is 3. The van der Waals surface area contributed by atoms with Gasteiger partial charge < -0.3 is 15.1 Å². The van der Waals surface area contributed by atoms with Gasteiger partial charge in [-0.3, -0.25) is 9.59 Å². The Hall–Kier alpha value is -1.10. The molecule has 1 unspecified atom stereocenters. The molecule has 1 rings (SSSR count). The van der Waals surface area contributed by atoms with E-state index in [4.69, 9.17) is 5.11 Å². The smallest absolute Gasteiger partial charge is 0.303 e. The molecular weight excluding hydrogens is 222 g/mol. The van der Waals surface area contributed by atoms with Crippen LogP contribution in [0.25, 0.3) is 0 Å². The van der Waals surface area contributed by atoms with Crippen LogP contribution in [-0.2, 0) is 9.59 Å². The van der Waals surface area contributed by atoms with Gasteiger partial charge in [0.15, 0.2) is 0 Å². The van der Waals surface area contributed by atoms with E-state index in [1.807, 2.05) is 0 Å². The van der Waals surface area contributed by atoms with Gasteiger partial charge in [0.05, 0.1) is 5.60 Å². The minimum absolute atomic E-state index is 0.00532. The van der Waals surface area contributed by atoms with E-state index in [2.05, 4.69) is 0 Å². The van der Waals surface area contributed by atoms with E-state index in [0.717, 1.165) is 0 Å². The lowest BCUT2D eigenvalue weighted by atomic mass is 9.93. The van der Waals surface area contributed by atoms with Crippen molar-refractivity contribution in [1.82, 2.24) is 4.90 Å². The summed E-state index contributed by atoms with van der Waals surface area (Å²) in [5.41, 5.74) is -0.663. The predicted molar refractivity (Wildman–Crippen MR) is 62.5 cm³/mol. The highest BCUT2D eigenvalue weighted by molar-refractivity contribution is 5.77. The molecule has 17 heavy (non-hydrogen) atoms. The summed E-state index contributed by atoms with van der Waals surface area (Å²) in [7, 11) is 0. The number of piperidine rings is 1. The third-order valence-electron chi connectivity index (χ3n) is 3.24. The maximum absolute atomic E-state index is 11.9. The van der Waals surface area contributed by atoms with Gasteiger partial charge in [0.2, 0.25) is 5.91 Å². The zero-order chi connectivity index (χ0) is 13.1. The van der Waals surface area contributed by atoms with Crippen LogP contribution in [0.5, 0.6) is 0 Å². The number of carbonyl (C=O) groups is 2. The number of carbonyl (C=O) groups excluding carboxylic acids is 1. The van der Waals surface area contributed by atoms with Crippen LogP contribution in [0.1, 0.15) is 39.5 Å². The van der Waals surface area contributed by atoms with E-state index in [0.29, 0.717) is 25.9 Å². The number of carboxylic acid groups (broad SMARTS) is 1. The number of aliphatic carboxylic acids is 1. The fourth-order valence-electron chi connectivity index (χ4n) is 2.04. The zero-order valence-corrected chi connectivity index (χ0v) is 10.5. The summed E-state index contributed by atoms with van der Waals surface area (Å²) < 4.78 is 0. The molecule has 5 nitrogen and oxygen atoms in total. The van der Waals surface area contributed by atoms with E-state index in [1.165, 1.54) is 0 Å². The molecule has 2 N–H and O–H groups in total. The lowest BCUT2D eigenvalue weighted by Gasteiger charge is -2.36. The number of carboxylic acids is 1. The lowest BCUT2D eigenvalue weighted by molar-refractivity contribution is -0.139. The van der Waals surface area contributed by atoms with Crippen molar-refractivity contribution < 1.29 is 19.8 Å². The molecule has 1 saturated heterocycles. The third kappa shape index (κ3) is 4.73. The SMILES string of the molecule is CC(CC(=O)O)CC(=O)N1CCC(C)(O)CC1. The molecule has 1 aliphatic heterocycles. The maximum Gasteiger partial charge on any atom is 0.303 e. The summed E-state index contributed by atoms with van der Waals surface area (Å²) in [6, 6.07) is 0. The van der Waals surface area contributed by atoms with Crippen LogP contribution >= 0.6 is 0 Å². The second-order valence-corrected chi connectivity index (χ2v) is 5.28. The zero-order valence-electron chi connectivity index (χ0n) is 10.5. The lowest BCUT2D eigenvalue weighted by Crippen LogP contribution is -2.45. The number of amides is 1. The Labute approximate surface area is 101 Å². The molecule has 1 atom stereocenters. The second-order valence-electron chi connectivity index (χ2n) is 5.28. The van der Waals surface area contributed by atoms with Crippen molar-refractivity contribution in [2.75, 3.05) is 13.1 Å². The first-order valence-corrected chi connectivity index (χ1v) is 6.02. The summed E-state index contributed by atoms with van der Waals surface area (Å²) in [5.74, 6) is -1.01. The van der Waals surface area contributed by atoms with Crippen molar-refractivity contribution in [3.05, 3.63) is 0 Å². The van der Waals surface area contributed by atoms with Crippen molar-refractivity contribution in [2.24, 2.45) is 5.92 Å². The van der Waals surface area contributed by atoms with Gasteiger partial charge in [-0.15, -0.1) is 0 Å². The van der Waals surface area contributed by atoms with E-state index in [9.17, 15) is 14.7 Å². The largest absolute Gasteiger partial charge is 0.481 e. The average molecular weight is 243 g/mol. The summed E-state index contributed by atoms with van der Waals surface area (Å²) in [6.07, 6.45) is 1.48. The van der Waals surface area contributed by atoms with Crippen LogP contribution in [-0.4, -0.2) is 45.7 Å². The Bertz CT molecular complexity index is 291. The second kappa shape index (κ2) is 5.49. The Morgan fingerprint density at radius 3 is 2.29 bits per heavy atom. The number of nitrogens with zero attached hydrogens (tertiary/aromatic N) is 1. The normalized spacial score (nSPS) is 21.0. The number of likely N-dealkylation sites (tertiary alicyclic amines) is 1. The highest BCUT2D eigenvalue weighted by atomic mass is 16.4. The molecule has 1 fully saturated rings. The van der Waals surface area contributed by atoms with Crippen LogP contribution in [0.15, 0.2) is 0 Å². The van der Waals surface area contributed by atoms with Crippen molar-refractivity contribution in [2.45, 2.75) is 45.1 Å². The topological polar surface area (TPSA) is 77.8 Å². The molecule has 0 radical (unpaired) electrons. The summed E-state index contributed by atoms with van der Waals surface area (Å²) in [4.78, 5) is 24.1. The number of rotatable bonds is 4. The first-order valence-electron chi connectivity index (χ1n) is 6.02. The van der Waals surface area contributed by atoms with Gasteiger partial charge >= 0.3 is 5.97 Å². The first kappa shape index (κ1) is 14.0. The summed E-state index contributed by atoms with van der Waals surface area (Å²) in [6.45, 7) is 4.67. The van der Waals surface area contributed by atoms with Gasteiger partial charge in [-0.05, 0) is 25.7 Å². The molecule has 5 heteroatoms. The molecular formula is C12H21NO4. The highest BCUT2D eigenvalue weighted by Gasteiger charge is 2.29. The maximum atomic E-state index is 11.9. The molecule has 0 aromatic heterocycles. The van der Waals surface area contributed by atoms with Gasteiger partial charge in [-0.25, -0.2) is 0 Å². The Balaban J connectivity index is 2.36. The molecule has 1 aliphatic rings. The van der Waals surface area contributed by atoms with E-state index in [-0.39, 0.29) is 24.7 Å². The van der Waals surface area contributed by atoms with E-state index >= 15 is 0 Å². The quantitative estimate of drug-likeness (QED) is 0.767.